The van der Waals surface area contributed by atoms with Gasteiger partial charge in [0, 0.05) is 54.4 Å². The summed E-state index contributed by atoms with van der Waals surface area (Å²) in [5, 5.41) is 21.9. The van der Waals surface area contributed by atoms with Crippen molar-refractivity contribution < 1.29 is 24.4 Å². The van der Waals surface area contributed by atoms with Crippen molar-refractivity contribution in [3.8, 4) is 0 Å². The number of aryl methyl sites for hydroxylation is 1. The van der Waals surface area contributed by atoms with Crippen molar-refractivity contribution in [1.29, 1.82) is 0 Å². The van der Waals surface area contributed by atoms with E-state index in [0.29, 0.717) is 43.4 Å². The molecule has 7 heteroatoms. The van der Waals surface area contributed by atoms with Crippen LogP contribution in [0.5, 0.6) is 0 Å². The van der Waals surface area contributed by atoms with E-state index in [1.165, 1.54) is 22.2 Å². The molecule has 2 aromatic rings. The molecule has 33 heavy (non-hydrogen) atoms. The van der Waals surface area contributed by atoms with Crippen LogP contribution in [0.2, 0.25) is 0 Å². The average molecular weight is 455 g/mol. The monoisotopic (exact) mass is 454 g/mol. The van der Waals surface area contributed by atoms with Crippen LogP contribution in [0.4, 0.5) is 0 Å². The van der Waals surface area contributed by atoms with Crippen LogP contribution in [0.3, 0.4) is 0 Å². The van der Waals surface area contributed by atoms with Crippen LogP contribution in [0.1, 0.15) is 43.5 Å². The van der Waals surface area contributed by atoms with Crippen molar-refractivity contribution >= 4 is 10.9 Å². The van der Waals surface area contributed by atoms with Crippen LogP contribution in [-0.4, -0.2) is 69.8 Å². The molecule has 4 saturated heterocycles. The van der Waals surface area contributed by atoms with Crippen molar-refractivity contribution in [2.75, 3.05) is 20.3 Å². The summed E-state index contributed by atoms with van der Waals surface area (Å²) in [5.41, 5.74) is 4.27. The largest absolute Gasteiger partial charge is 0.394 e. The molecular formula is C26H34N2O5. The number of fused-ring (bicyclic) bond motifs is 10. The molecule has 9 atom stereocenters. The normalized spacial score (nSPS) is 46.5. The van der Waals surface area contributed by atoms with E-state index in [4.69, 9.17) is 14.2 Å². The number of ether oxygens (including phenoxy) is 3. The maximum absolute atomic E-state index is 10.9. The number of aromatic nitrogens is 1. The van der Waals surface area contributed by atoms with E-state index >= 15 is 0 Å². The molecule has 1 spiro atoms. The van der Waals surface area contributed by atoms with E-state index in [1.807, 2.05) is 6.92 Å². The number of piperidine rings is 1. The summed E-state index contributed by atoms with van der Waals surface area (Å²) in [5.74, 6) is -0.825. The third kappa shape index (κ3) is 2.61. The van der Waals surface area contributed by atoms with Gasteiger partial charge in [-0.2, -0.15) is 0 Å². The fourth-order valence-corrected chi connectivity index (χ4v) is 8.17. The molecule has 0 amide bonds. The summed E-state index contributed by atoms with van der Waals surface area (Å²) >= 11 is 0. The molecule has 6 heterocycles. The van der Waals surface area contributed by atoms with Gasteiger partial charge in [0.25, 0.3) is 0 Å². The van der Waals surface area contributed by atoms with Crippen molar-refractivity contribution in [1.82, 2.24) is 9.47 Å². The van der Waals surface area contributed by atoms with Gasteiger partial charge in [0.15, 0.2) is 11.6 Å². The SMILES string of the molecule is CN1[C@H]2C[C@@H]3[C@@H](CO[C@@]4(C)O[C@@]5(C[C@@H]34)O[C@@H](CO)C[C@@H]5O)[C@@H]1Cc1c2n(C)c2ccccc12. The molecule has 1 aromatic carbocycles. The zero-order valence-electron chi connectivity index (χ0n) is 19.6. The molecule has 5 aliphatic heterocycles. The summed E-state index contributed by atoms with van der Waals surface area (Å²) in [6, 6.07) is 9.56. The van der Waals surface area contributed by atoms with E-state index in [9.17, 15) is 10.2 Å². The number of rotatable bonds is 1. The summed E-state index contributed by atoms with van der Waals surface area (Å²) in [6.07, 6.45) is 1.99. The summed E-state index contributed by atoms with van der Waals surface area (Å²) < 4.78 is 21.5. The molecule has 5 aliphatic rings. The van der Waals surface area contributed by atoms with Gasteiger partial charge in [0.2, 0.25) is 0 Å². The summed E-state index contributed by atoms with van der Waals surface area (Å²) in [4.78, 5) is 2.59. The Morgan fingerprint density at radius 3 is 2.76 bits per heavy atom. The molecule has 7 nitrogen and oxygen atoms in total. The number of para-hydroxylation sites is 1. The van der Waals surface area contributed by atoms with Gasteiger partial charge in [-0.05, 0) is 44.4 Å². The van der Waals surface area contributed by atoms with Crippen LogP contribution >= 0.6 is 0 Å². The van der Waals surface area contributed by atoms with Gasteiger partial charge in [0.1, 0.15) is 6.10 Å². The van der Waals surface area contributed by atoms with Gasteiger partial charge in [-0.3, -0.25) is 4.90 Å². The van der Waals surface area contributed by atoms with Crippen LogP contribution in [0, 0.1) is 17.8 Å². The third-order valence-corrected chi connectivity index (χ3v) is 9.74. The predicted octanol–water partition coefficient (Wildman–Crippen LogP) is 2.33. The number of likely N-dealkylation sites (N-methyl/N-ethyl adjacent to an activating group) is 1. The first-order valence-electron chi connectivity index (χ1n) is 12.4. The molecule has 0 aliphatic carbocycles. The summed E-state index contributed by atoms with van der Waals surface area (Å²) in [6.45, 7) is 2.59. The first kappa shape index (κ1) is 20.9. The highest BCUT2D eigenvalue weighted by Gasteiger charge is 2.67. The molecular weight excluding hydrogens is 420 g/mol. The van der Waals surface area contributed by atoms with Crippen LogP contribution in [0.25, 0.3) is 10.9 Å². The highest BCUT2D eigenvalue weighted by Crippen LogP contribution is 2.60. The highest BCUT2D eigenvalue weighted by molar-refractivity contribution is 5.86. The first-order valence-corrected chi connectivity index (χ1v) is 12.4. The smallest absolute Gasteiger partial charge is 0.198 e. The number of hydrogen-bond donors (Lipinski definition) is 2. The number of nitrogens with zero attached hydrogens (tertiary/aromatic N) is 2. The van der Waals surface area contributed by atoms with Crippen LogP contribution in [-0.2, 0) is 27.7 Å². The minimum absolute atomic E-state index is 0.102. The van der Waals surface area contributed by atoms with Crippen LogP contribution < -0.4 is 0 Å². The van der Waals surface area contributed by atoms with Crippen LogP contribution in [0.15, 0.2) is 24.3 Å². The second-order valence-electron chi connectivity index (χ2n) is 11.2. The Morgan fingerprint density at radius 2 is 1.97 bits per heavy atom. The Hall–Kier alpha value is -1.48. The Morgan fingerprint density at radius 1 is 1.15 bits per heavy atom. The van der Waals surface area contributed by atoms with E-state index in [2.05, 4.69) is 47.8 Å². The topological polar surface area (TPSA) is 76.3 Å². The van der Waals surface area contributed by atoms with E-state index in [0.717, 1.165) is 12.8 Å². The fraction of sp³-hybridized carbons (Fsp3) is 0.692. The zero-order chi connectivity index (χ0) is 22.7. The fourth-order valence-electron chi connectivity index (χ4n) is 8.17. The lowest BCUT2D eigenvalue weighted by atomic mass is 9.63. The summed E-state index contributed by atoms with van der Waals surface area (Å²) in [7, 11) is 4.49. The van der Waals surface area contributed by atoms with Gasteiger partial charge in [-0.1, -0.05) is 18.2 Å². The Kier molecular flexibility index (Phi) is 4.30. The minimum atomic E-state index is -1.06. The number of benzene rings is 1. The standard InChI is InChI=1S/C26H34N2O5/c1-25-19(11-26(33-25)23(30)8-14(12-29)32-26)16-9-22-24-17(10-21(27(22)2)18(16)13-31-25)15-6-4-5-7-20(15)28(24)3/h4-7,14,16,18-19,21-23,29-30H,8-13H2,1-3H3/t14-,16-,18-,19+,21+,22+,23+,25+,26-/m1/s1. The molecule has 0 radical (unpaired) electrons. The second kappa shape index (κ2) is 6.80. The van der Waals surface area contributed by atoms with Gasteiger partial charge < -0.3 is 29.0 Å². The molecule has 0 unspecified atom stereocenters. The highest BCUT2D eigenvalue weighted by atomic mass is 16.8. The van der Waals surface area contributed by atoms with Gasteiger partial charge in [-0.15, -0.1) is 0 Å². The van der Waals surface area contributed by atoms with Crippen molar-refractivity contribution in [3.63, 3.8) is 0 Å². The lowest BCUT2D eigenvalue weighted by Crippen LogP contribution is -2.60. The Bertz CT molecular complexity index is 1120. The number of aliphatic hydroxyl groups excluding tert-OH is 2. The third-order valence-electron chi connectivity index (χ3n) is 9.74. The molecule has 7 rings (SSSR count). The molecule has 178 valence electrons. The van der Waals surface area contributed by atoms with Crippen molar-refractivity contribution in [2.24, 2.45) is 24.8 Å². The quantitative estimate of drug-likeness (QED) is 0.689. The average Bonchev–Trinajstić information content (AvgIpc) is 3.38. The molecule has 1 aromatic heterocycles. The Balaban J connectivity index is 1.28. The first-order chi connectivity index (χ1) is 15.8. The number of hydrogen-bond acceptors (Lipinski definition) is 6. The van der Waals surface area contributed by atoms with E-state index in [-0.39, 0.29) is 18.6 Å². The predicted molar refractivity (Wildman–Crippen MR) is 121 cm³/mol. The maximum Gasteiger partial charge on any atom is 0.198 e. The Labute approximate surface area is 194 Å². The molecule has 2 bridgehead atoms. The number of aliphatic hydroxyl groups is 2. The second-order valence-corrected chi connectivity index (χ2v) is 11.2. The van der Waals surface area contributed by atoms with E-state index in [1.54, 1.807) is 0 Å². The van der Waals surface area contributed by atoms with Gasteiger partial charge >= 0.3 is 0 Å². The van der Waals surface area contributed by atoms with E-state index < -0.39 is 17.7 Å². The maximum atomic E-state index is 10.9. The lowest BCUT2D eigenvalue weighted by molar-refractivity contribution is -0.347. The zero-order valence-corrected chi connectivity index (χ0v) is 19.6. The lowest BCUT2D eigenvalue weighted by Gasteiger charge is -2.57. The van der Waals surface area contributed by atoms with Gasteiger partial charge in [0.05, 0.1) is 25.4 Å². The van der Waals surface area contributed by atoms with Crippen molar-refractivity contribution in [2.45, 2.75) is 68.5 Å². The molecule has 0 saturated carbocycles. The van der Waals surface area contributed by atoms with Crippen molar-refractivity contribution in [3.05, 3.63) is 35.5 Å². The molecule has 4 fully saturated rings. The molecule has 2 N–H and O–H groups in total. The van der Waals surface area contributed by atoms with Gasteiger partial charge in [-0.25, -0.2) is 0 Å². The minimum Gasteiger partial charge on any atom is -0.394 e.